The molecule has 3 heterocycles. The second-order valence-electron chi connectivity index (χ2n) is 6.03. The third kappa shape index (κ3) is 3.05. The van der Waals surface area contributed by atoms with Crippen LogP contribution >= 0.6 is 11.6 Å². The Morgan fingerprint density at radius 3 is 2.80 bits per heavy atom. The number of hydrogen-bond acceptors (Lipinski definition) is 5. The molecule has 3 rings (SSSR count). The summed E-state index contributed by atoms with van der Waals surface area (Å²) in [6, 6.07) is 0.908. The van der Waals surface area contributed by atoms with Gasteiger partial charge in [-0.3, -0.25) is 4.90 Å². The Morgan fingerprint density at radius 2 is 2.10 bits per heavy atom. The summed E-state index contributed by atoms with van der Waals surface area (Å²) in [4.78, 5) is 10.9. The molecule has 1 N–H and O–H groups in total. The Bertz CT molecular complexity index is 453. The standard InChI is InChI=1S/C14H21ClN4O/c1-9(2)13-7-19-6-11(3-12(19)8-20-13)18-14-16-4-10(15)5-17-14/h4-5,9,11-13H,3,6-8H2,1-2H3,(H,16,17,18)/t11-,12-,13+/m0/s1. The van der Waals surface area contributed by atoms with Crippen LogP contribution in [0.3, 0.4) is 0 Å². The maximum Gasteiger partial charge on any atom is 0.222 e. The first-order chi connectivity index (χ1) is 9.61. The van der Waals surface area contributed by atoms with E-state index in [0.29, 0.717) is 35.1 Å². The van der Waals surface area contributed by atoms with Gasteiger partial charge in [0.05, 0.1) is 30.1 Å². The molecule has 6 heteroatoms. The van der Waals surface area contributed by atoms with Gasteiger partial charge in [-0.25, -0.2) is 9.97 Å². The number of anilines is 1. The fraction of sp³-hybridized carbons (Fsp3) is 0.714. The van der Waals surface area contributed by atoms with Crippen LogP contribution in [0.25, 0.3) is 0 Å². The van der Waals surface area contributed by atoms with Crippen molar-refractivity contribution >= 4 is 17.5 Å². The lowest BCUT2D eigenvalue weighted by atomic mass is 10.0. The first kappa shape index (κ1) is 14.0. The number of nitrogens with zero attached hydrogens (tertiary/aromatic N) is 3. The minimum atomic E-state index is 0.358. The van der Waals surface area contributed by atoms with Crippen molar-refractivity contribution in [3.8, 4) is 0 Å². The molecule has 0 unspecified atom stereocenters. The van der Waals surface area contributed by atoms with Crippen molar-refractivity contribution in [1.82, 2.24) is 14.9 Å². The first-order valence-corrected chi connectivity index (χ1v) is 7.59. The van der Waals surface area contributed by atoms with Gasteiger partial charge in [0.1, 0.15) is 0 Å². The molecule has 0 radical (unpaired) electrons. The van der Waals surface area contributed by atoms with E-state index in [1.54, 1.807) is 12.4 Å². The fourth-order valence-corrected chi connectivity index (χ4v) is 3.07. The maximum absolute atomic E-state index is 5.95. The topological polar surface area (TPSA) is 50.3 Å². The molecule has 0 saturated carbocycles. The lowest BCUT2D eigenvalue weighted by Gasteiger charge is -2.36. The van der Waals surface area contributed by atoms with Crippen LogP contribution in [0.5, 0.6) is 0 Å². The molecule has 0 spiro atoms. The number of nitrogens with one attached hydrogen (secondary N) is 1. The Labute approximate surface area is 124 Å². The van der Waals surface area contributed by atoms with Crippen molar-refractivity contribution in [2.24, 2.45) is 5.92 Å². The minimum absolute atomic E-state index is 0.358. The van der Waals surface area contributed by atoms with Gasteiger partial charge < -0.3 is 10.1 Å². The van der Waals surface area contributed by atoms with E-state index >= 15 is 0 Å². The van der Waals surface area contributed by atoms with Gasteiger partial charge in [0.2, 0.25) is 5.95 Å². The molecule has 110 valence electrons. The number of morpholine rings is 1. The highest BCUT2D eigenvalue weighted by atomic mass is 35.5. The fourth-order valence-electron chi connectivity index (χ4n) is 2.98. The van der Waals surface area contributed by atoms with Crippen molar-refractivity contribution in [2.75, 3.05) is 25.0 Å². The van der Waals surface area contributed by atoms with E-state index in [4.69, 9.17) is 16.3 Å². The zero-order valence-electron chi connectivity index (χ0n) is 11.9. The summed E-state index contributed by atoms with van der Waals surface area (Å²) in [5.41, 5.74) is 0. The highest BCUT2D eigenvalue weighted by Gasteiger charge is 2.38. The summed E-state index contributed by atoms with van der Waals surface area (Å²) < 4.78 is 5.95. The molecule has 0 amide bonds. The largest absolute Gasteiger partial charge is 0.375 e. The molecule has 2 aliphatic rings. The van der Waals surface area contributed by atoms with Crippen molar-refractivity contribution < 1.29 is 4.74 Å². The van der Waals surface area contributed by atoms with Gasteiger partial charge in [0.15, 0.2) is 0 Å². The lowest BCUT2D eigenvalue weighted by Crippen LogP contribution is -2.48. The number of aromatic nitrogens is 2. The third-order valence-corrected chi connectivity index (χ3v) is 4.34. The van der Waals surface area contributed by atoms with Crippen LogP contribution in [0, 0.1) is 5.92 Å². The molecule has 20 heavy (non-hydrogen) atoms. The van der Waals surface area contributed by atoms with Gasteiger partial charge in [-0.1, -0.05) is 25.4 Å². The van der Waals surface area contributed by atoms with Crippen LogP contribution in [0.1, 0.15) is 20.3 Å². The van der Waals surface area contributed by atoms with Gasteiger partial charge in [0.25, 0.3) is 0 Å². The highest BCUT2D eigenvalue weighted by molar-refractivity contribution is 6.30. The lowest BCUT2D eigenvalue weighted by molar-refractivity contribution is -0.0683. The molecule has 0 bridgehead atoms. The van der Waals surface area contributed by atoms with E-state index < -0.39 is 0 Å². The van der Waals surface area contributed by atoms with E-state index in [0.717, 1.165) is 26.1 Å². The van der Waals surface area contributed by atoms with Gasteiger partial charge >= 0.3 is 0 Å². The van der Waals surface area contributed by atoms with Crippen LogP contribution in [-0.4, -0.2) is 52.8 Å². The molecular formula is C14H21ClN4O. The molecule has 3 atom stereocenters. The predicted molar refractivity (Wildman–Crippen MR) is 79.0 cm³/mol. The van der Waals surface area contributed by atoms with E-state index in [-0.39, 0.29) is 0 Å². The van der Waals surface area contributed by atoms with Crippen molar-refractivity contribution in [3.63, 3.8) is 0 Å². The average molecular weight is 297 g/mol. The van der Waals surface area contributed by atoms with E-state index in [9.17, 15) is 0 Å². The Hall–Kier alpha value is -0.910. The molecule has 1 aromatic heterocycles. The summed E-state index contributed by atoms with van der Waals surface area (Å²) in [6.45, 7) is 7.34. The van der Waals surface area contributed by atoms with Gasteiger partial charge in [-0.05, 0) is 12.3 Å². The average Bonchev–Trinajstić information content (AvgIpc) is 2.82. The zero-order valence-corrected chi connectivity index (χ0v) is 12.7. The molecule has 2 saturated heterocycles. The summed E-state index contributed by atoms with van der Waals surface area (Å²) in [5.74, 6) is 1.23. The van der Waals surface area contributed by atoms with E-state index in [2.05, 4.69) is 34.0 Å². The van der Waals surface area contributed by atoms with E-state index in [1.165, 1.54) is 0 Å². The smallest absolute Gasteiger partial charge is 0.222 e. The van der Waals surface area contributed by atoms with Crippen LogP contribution in [-0.2, 0) is 4.74 Å². The first-order valence-electron chi connectivity index (χ1n) is 7.21. The number of fused-ring (bicyclic) bond motifs is 1. The van der Waals surface area contributed by atoms with Crippen LogP contribution in [0.4, 0.5) is 5.95 Å². The monoisotopic (exact) mass is 296 g/mol. The second kappa shape index (κ2) is 5.84. The SMILES string of the molecule is CC(C)[C@H]1CN2C[C@@H](Nc3ncc(Cl)cn3)C[C@H]2CO1. The number of hydrogen-bond donors (Lipinski definition) is 1. The Morgan fingerprint density at radius 1 is 1.35 bits per heavy atom. The number of rotatable bonds is 3. The summed E-state index contributed by atoms with van der Waals surface area (Å²) in [5, 5.41) is 3.95. The van der Waals surface area contributed by atoms with Crippen LogP contribution in [0.15, 0.2) is 12.4 Å². The van der Waals surface area contributed by atoms with Gasteiger partial charge in [-0.15, -0.1) is 0 Å². The van der Waals surface area contributed by atoms with E-state index in [1.807, 2.05) is 0 Å². The molecule has 0 aliphatic carbocycles. The number of ether oxygens (including phenoxy) is 1. The predicted octanol–water partition coefficient (Wildman–Crippen LogP) is 2.04. The van der Waals surface area contributed by atoms with Crippen LogP contribution < -0.4 is 5.32 Å². The molecular weight excluding hydrogens is 276 g/mol. The zero-order chi connectivity index (χ0) is 14.1. The summed E-state index contributed by atoms with van der Waals surface area (Å²) in [6.07, 6.45) is 4.68. The normalized spacial score (nSPS) is 30.5. The molecule has 5 nitrogen and oxygen atoms in total. The van der Waals surface area contributed by atoms with Crippen LogP contribution in [0.2, 0.25) is 5.02 Å². The van der Waals surface area contributed by atoms with Crippen molar-refractivity contribution in [3.05, 3.63) is 17.4 Å². The van der Waals surface area contributed by atoms with Crippen molar-refractivity contribution in [1.29, 1.82) is 0 Å². The summed E-state index contributed by atoms with van der Waals surface area (Å²) in [7, 11) is 0. The molecule has 2 aliphatic heterocycles. The Balaban J connectivity index is 1.58. The van der Waals surface area contributed by atoms with Gasteiger partial charge in [-0.2, -0.15) is 0 Å². The summed E-state index contributed by atoms with van der Waals surface area (Å²) >= 11 is 5.80. The third-order valence-electron chi connectivity index (χ3n) is 4.14. The van der Waals surface area contributed by atoms with Crippen molar-refractivity contribution in [2.45, 2.75) is 38.5 Å². The molecule has 0 aromatic carbocycles. The molecule has 2 fully saturated rings. The quantitative estimate of drug-likeness (QED) is 0.925. The van der Waals surface area contributed by atoms with Gasteiger partial charge in [0, 0.05) is 25.2 Å². The Kier molecular flexibility index (Phi) is 4.10. The highest BCUT2D eigenvalue weighted by Crippen LogP contribution is 2.27. The number of halogens is 1. The minimum Gasteiger partial charge on any atom is -0.375 e. The maximum atomic E-state index is 5.95. The molecule has 1 aromatic rings. The second-order valence-corrected chi connectivity index (χ2v) is 6.46.